The standard InChI is InChI=1S/C18H38O4/c1-4-5-6-7-8-9-10-11-12-13-15-20-17(2)22-18(3)21-16-14-19/h17-19H,4-16H2,1-3H3. The van der Waals surface area contributed by atoms with Crippen molar-refractivity contribution in [2.45, 2.75) is 97.6 Å². The fraction of sp³-hybridized carbons (Fsp3) is 1.00. The van der Waals surface area contributed by atoms with E-state index >= 15 is 0 Å². The Labute approximate surface area is 137 Å². The van der Waals surface area contributed by atoms with Gasteiger partial charge in [0.05, 0.1) is 13.2 Å². The van der Waals surface area contributed by atoms with Crippen molar-refractivity contribution in [1.82, 2.24) is 0 Å². The molecule has 0 fully saturated rings. The van der Waals surface area contributed by atoms with Gasteiger partial charge in [-0.3, -0.25) is 0 Å². The third-order valence-corrected chi connectivity index (χ3v) is 3.68. The molecule has 0 rings (SSSR count). The summed E-state index contributed by atoms with van der Waals surface area (Å²) in [5.74, 6) is 0. The summed E-state index contributed by atoms with van der Waals surface area (Å²) in [5.41, 5.74) is 0. The molecule has 0 bridgehead atoms. The van der Waals surface area contributed by atoms with E-state index in [1.54, 1.807) is 0 Å². The van der Waals surface area contributed by atoms with Crippen molar-refractivity contribution in [3.8, 4) is 0 Å². The Balaban J connectivity index is 3.21. The minimum absolute atomic E-state index is 0.0154. The summed E-state index contributed by atoms with van der Waals surface area (Å²) in [6, 6.07) is 0. The van der Waals surface area contributed by atoms with Crippen LogP contribution in [0.15, 0.2) is 0 Å². The zero-order chi connectivity index (χ0) is 16.5. The van der Waals surface area contributed by atoms with Gasteiger partial charge in [0.15, 0.2) is 12.6 Å². The van der Waals surface area contributed by atoms with Gasteiger partial charge >= 0.3 is 0 Å². The summed E-state index contributed by atoms with van der Waals surface area (Å²) in [7, 11) is 0. The van der Waals surface area contributed by atoms with E-state index in [1.807, 2.05) is 13.8 Å². The summed E-state index contributed by atoms with van der Waals surface area (Å²) in [6.45, 7) is 7.01. The molecule has 2 unspecified atom stereocenters. The van der Waals surface area contributed by atoms with Crippen LogP contribution in [0.5, 0.6) is 0 Å². The number of ether oxygens (including phenoxy) is 3. The van der Waals surface area contributed by atoms with Crippen LogP contribution in [0.2, 0.25) is 0 Å². The fourth-order valence-corrected chi connectivity index (χ4v) is 2.41. The van der Waals surface area contributed by atoms with Crippen LogP contribution in [0.3, 0.4) is 0 Å². The lowest BCUT2D eigenvalue weighted by Gasteiger charge is -2.19. The second kappa shape index (κ2) is 17.2. The predicted molar refractivity (Wildman–Crippen MR) is 90.8 cm³/mol. The zero-order valence-electron chi connectivity index (χ0n) is 15.0. The molecule has 0 aliphatic carbocycles. The lowest BCUT2D eigenvalue weighted by atomic mass is 10.1. The quantitative estimate of drug-likeness (QED) is 0.313. The maximum absolute atomic E-state index is 8.65. The monoisotopic (exact) mass is 318 g/mol. The van der Waals surface area contributed by atoms with Crippen LogP contribution in [0, 0.1) is 0 Å². The van der Waals surface area contributed by atoms with Crippen molar-refractivity contribution in [1.29, 1.82) is 0 Å². The minimum atomic E-state index is -0.338. The highest BCUT2D eigenvalue weighted by Crippen LogP contribution is 2.11. The molecule has 1 N–H and O–H groups in total. The molecular formula is C18H38O4. The second-order valence-corrected chi connectivity index (χ2v) is 5.92. The molecule has 2 atom stereocenters. The van der Waals surface area contributed by atoms with Gasteiger partial charge in [0.2, 0.25) is 0 Å². The van der Waals surface area contributed by atoms with Gasteiger partial charge in [0.1, 0.15) is 0 Å². The van der Waals surface area contributed by atoms with Gasteiger partial charge in [-0.2, -0.15) is 0 Å². The Morgan fingerprint density at radius 2 is 1.14 bits per heavy atom. The highest BCUT2D eigenvalue weighted by molar-refractivity contribution is 4.47. The number of hydrogen-bond acceptors (Lipinski definition) is 4. The first-order valence-electron chi connectivity index (χ1n) is 9.20. The van der Waals surface area contributed by atoms with Gasteiger partial charge in [-0.1, -0.05) is 64.7 Å². The van der Waals surface area contributed by atoms with E-state index in [9.17, 15) is 0 Å². The molecule has 0 aliphatic rings. The van der Waals surface area contributed by atoms with Gasteiger partial charge in [-0.15, -0.1) is 0 Å². The lowest BCUT2D eigenvalue weighted by molar-refractivity contribution is -0.233. The Bertz CT molecular complexity index is 211. The van der Waals surface area contributed by atoms with Crippen molar-refractivity contribution in [3.05, 3.63) is 0 Å². The van der Waals surface area contributed by atoms with E-state index in [1.165, 1.54) is 57.8 Å². The maximum atomic E-state index is 8.65. The molecule has 0 heterocycles. The number of unbranched alkanes of at least 4 members (excludes halogenated alkanes) is 9. The third kappa shape index (κ3) is 16.2. The number of rotatable bonds is 17. The smallest absolute Gasteiger partial charge is 0.158 e. The van der Waals surface area contributed by atoms with E-state index in [4.69, 9.17) is 19.3 Å². The summed E-state index contributed by atoms with van der Waals surface area (Å²) in [4.78, 5) is 0. The summed E-state index contributed by atoms with van der Waals surface area (Å²) in [6.07, 6.45) is 12.7. The van der Waals surface area contributed by atoms with Gasteiger partial charge in [-0.05, 0) is 20.3 Å². The van der Waals surface area contributed by atoms with Crippen LogP contribution in [-0.4, -0.2) is 37.5 Å². The van der Waals surface area contributed by atoms with Crippen molar-refractivity contribution >= 4 is 0 Å². The first-order valence-corrected chi connectivity index (χ1v) is 9.20. The first-order chi connectivity index (χ1) is 10.7. The second-order valence-electron chi connectivity index (χ2n) is 5.92. The average molecular weight is 318 g/mol. The SMILES string of the molecule is CCCCCCCCCCCCOC(C)OC(C)OCCO. The van der Waals surface area contributed by atoms with Crippen LogP contribution in [0.4, 0.5) is 0 Å². The fourth-order valence-electron chi connectivity index (χ4n) is 2.41. The normalized spacial score (nSPS) is 14.2. The van der Waals surface area contributed by atoms with Crippen LogP contribution in [-0.2, 0) is 14.2 Å². The summed E-state index contributed by atoms with van der Waals surface area (Å²) >= 11 is 0. The Morgan fingerprint density at radius 1 is 0.682 bits per heavy atom. The van der Waals surface area contributed by atoms with Gasteiger partial charge < -0.3 is 19.3 Å². The molecule has 0 saturated heterocycles. The topological polar surface area (TPSA) is 47.9 Å². The number of hydrogen-bond donors (Lipinski definition) is 1. The minimum Gasteiger partial charge on any atom is -0.394 e. The molecule has 4 heteroatoms. The molecule has 134 valence electrons. The highest BCUT2D eigenvalue weighted by atomic mass is 16.8. The van der Waals surface area contributed by atoms with Crippen LogP contribution in [0.1, 0.15) is 85.0 Å². The molecule has 0 radical (unpaired) electrons. The molecule has 4 nitrogen and oxygen atoms in total. The van der Waals surface area contributed by atoms with Crippen molar-refractivity contribution in [2.75, 3.05) is 19.8 Å². The van der Waals surface area contributed by atoms with E-state index in [2.05, 4.69) is 6.92 Å². The summed E-state index contributed by atoms with van der Waals surface area (Å²) < 4.78 is 16.3. The van der Waals surface area contributed by atoms with Crippen LogP contribution in [0.25, 0.3) is 0 Å². The van der Waals surface area contributed by atoms with Gasteiger partial charge in [0.25, 0.3) is 0 Å². The Hall–Kier alpha value is -0.160. The van der Waals surface area contributed by atoms with Crippen molar-refractivity contribution in [3.63, 3.8) is 0 Å². The van der Waals surface area contributed by atoms with Gasteiger partial charge in [0, 0.05) is 6.61 Å². The summed E-state index contributed by atoms with van der Waals surface area (Å²) in [5, 5.41) is 8.65. The zero-order valence-corrected chi connectivity index (χ0v) is 15.0. The van der Waals surface area contributed by atoms with Gasteiger partial charge in [-0.25, -0.2) is 0 Å². The van der Waals surface area contributed by atoms with E-state index in [0.717, 1.165) is 13.0 Å². The molecule has 0 saturated carbocycles. The Kier molecular flexibility index (Phi) is 17.1. The lowest BCUT2D eigenvalue weighted by Crippen LogP contribution is -2.23. The molecule has 0 aliphatic heterocycles. The first kappa shape index (κ1) is 21.8. The maximum Gasteiger partial charge on any atom is 0.158 e. The molecule has 0 aromatic heterocycles. The van der Waals surface area contributed by atoms with E-state index in [-0.39, 0.29) is 19.2 Å². The molecule has 0 spiro atoms. The molecule has 0 amide bonds. The molecule has 22 heavy (non-hydrogen) atoms. The van der Waals surface area contributed by atoms with Crippen LogP contribution >= 0.6 is 0 Å². The number of aliphatic hydroxyl groups excluding tert-OH is 1. The Morgan fingerprint density at radius 3 is 1.64 bits per heavy atom. The predicted octanol–water partition coefficient (Wildman–Crippen LogP) is 4.64. The number of aliphatic hydroxyl groups is 1. The molecular weight excluding hydrogens is 280 g/mol. The molecule has 0 aromatic rings. The van der Waals surface area contributed by atoms with Crippen molar-refractivity contribution in [2.24, 2.45) is 0 Å². The third-order valence-electron chi connectivity index (χ3n) is 3.68. The average Bonchev–Trinajstić information content (AvgIpc) is 2.50. The largest absolute Gasteiger partial charge is 0.394 e. The molecule has 0 aromatic carbocycles. The van der Waals surface area contributed by atoms with Crippen molar-refractivity contribution < 1.29 is 19.3 Å². The van der Waals surface area contributed by atoms with Crippen LogP contribution < -0.4 is 0 Å². The van der Waals surface area contributed by atoms with E-state index < -0.39 is 0 Å². The van der Waals surface area contributed by atoms with E-state index in [0.29, 0.717) is 6.61 Å². The highest BCUT2D eigenvalue weighted by Gasteiger charge is 2.08.